The van der Waals surface area contributed by atoms with Gasteiger partial charge in [0.15, 0.2) is 0 Å². The molecule has 0 aliphatic carbocycles. The smallest absolute Gasteiger partial charge is 0.0474 e. The van der Waals surface area contributed by atoms with Gasteiger partial charge in [-0.2, -0.15) is 0 Å². The van der Waals surface area contributed by atoms with Gasteiger partial charge < -0.3 is 10.4 Å². The average Bonchev–Trinajstić information content (AvgIpc) is 2.98. The molecular formula is C16H25N3O. The molecule has 0 unspecified atom stereocenters. The Morgan fingerprint density at radius 2 is 1.95 bits per heavy atom. The summed E-state index contributed by atoms with van der Waals surface area (Å²) >= 11 is 0. The van der Waals surface area contributed by atoms with Gasteiger partial charge in [-0.05, 0) is 67.9 Å². The highest BCUT2D eigenvalue weighted by Crippen LogP contribution is 2.32. The van der Waals surface area contributed by atoms with Crippen molar-refractivity contribution in [3.63, 3.8) is 0 Å². The van der Waals surface area contributed by atoms with E-state index in [1.54, 1.807) is 0 Å². The topological polar surface area (TPSA) is 48.4 Å². The minimum atomic E-state index is 0.342. The lowest BCUT2D eigenvalue weighted by Gasteiger charge is -2.36. The number of aromatic nitrogens is 1. The molecule has 4 nitrogen and oxygen atoms in total. The Hall–Kier alpha value is -0.970. The van der Waals surface area contributed by atoms with Gasteiger partial charge in [0.25, 0.3) is 0 Å². The number of likely N-dealkylation sites (tertiary alicyclic amines) is 1. The molecule has 3 rings (SSSR count). The maximum absolute atomic E-state index is 9.46. The monoisotopic (exact) mass is 275 g/mol. The van der Waals surface area contributed by atoms with E-state index in [9.17, 15) is 5.11 Å². The van der Waals surface area contributed by atoms with Crippen LogP contribution in [0.3, 0.4) is 0 Å². The van der Waals surface area contributed by atoms with Crippen LogP contribution in [-0.2, 0) is 6.54 Å². The van der Waals surface area contributed by atoms with Crippen molar-refractivity contribution in [1.82, 2.24) is 15.2 Å². The predicted octanol–water partition coefficient (Wildman–Crippen LogP) is 1.12. The summed E-state index contributed by atoms with van der Waals surface area (Å²) in [6.07, 6.45) is 6.29. The molecule has 4 heteroatoms. The molecule has 2 fully saturated rings. The van der Waals surface area contributed by atoms with Crippen LogP contribution in [0.5, 0.6) is 0 Å². The zero-order valence-electron chi connectivity index (χ0n) is 12.0. The molecule has 0 aromatic carbocycles. The maximum Gasteiger partial charge on any atom is 0.0474 e. The fraction of sp³-hybridized carbons (Fsp3) is 0.688. The third-order valence-corrected chi connectivity index (χ3v) is 5.02. The van der Waals surface area contributed by atoms with Crippen LogP contribution in [-0.4, -0.2) is 47.8 Å². The highest BCUT2D eigenvalue weighted by Gasteiger charge is 2.34. The summed E-state index contributed by atoms with van der Waals surface area (Å²) in [7, 11) is 0. The highest BCUT2D eigenvalue weighted by molar-refractivity contribution is 5.09. The van der Waals surface area contributed by atoms with Crippen LogP contribution < -0.4 is 5.32 Å². The first-order valence-corrected chi connectivity index (χ1v) is 7.79. The van der Waals surface area contributed by atoms with E-state index in [1.807, 2.05) is 12.4 Å². The number of aliphatic hydroxyl groups excluding tert-OH is 1. The third kappa shape index (κ3) is 3.19. The van der Waals surface area contributed by atoms with Gasteiger partial charge in [-0.25, -0.2) is 0 Å². The number of pyridine rings is 1. The number of rotatable bonds is 4. The normalized spacial score (nSPS) is 28.9. The van der Waals surface area contributed by atoms with Crippen LogP contribution in [0.15, 0.2) is 24.5 Å². The van der Waals surface area contributed by atoms with Gasteiger partial charge in [-0.15, -0.1) is 0 Å². The Morgan fingerprint density at radius 3 is 2.65 bits per heavy atom. The van der Waals surface area contributed by atoms with E-state index < -0.39 is 0 Å². The molecule has 2 aliphatic heterocycles. The largest absolute Gasteiger partial charge is 0.396 e. The van der Waals surface area contributed by atoms with Crippen molar-refractivity contribution >= 4 is 0 Å². The minimum Gasteiger partial charge on any atom is -0.396 e. The molecule has 0 radical (unpaired) electrons. The molecular weight excluding hydrogens is 250 g/mol. The van der Waals surface area contributed by atoms with Gasteiger partial charge in [0.2, 0.25) is 0 Å². The van der Waals surface area contributed by atoms with E-state index in [0.717, 1.165) is 25.6 Å². The van der Waals surface area contributed by atoms with Crippen molar-refractivity contribution in [2.45, 2.75) is 19.4 Å². The minimum absolute atomic E-state index is 0.342. The van der Waals surface area contributed by atoms with Gasteiger partial charge in [0.05, 0.1) is 0 Å². The van der Waals surface area contributed by atoms with E-state index >= 15 is 0 Å². The first kappa shape index (κ1) is 14.0. The maximum atomic E-state index is 9.46. The summed E-state index contributed by atoms with van der Waals surface area (Å²) < 4.78 is 0. The van der Waals surface area contributed by atoms with Crippen molar-refractivity contribution in [3.05, 3.63) is 30.1 Å². The number of piperidine rings is 1. The molecule has 3 heterocycles. The molecule has 0 bridgehead atoms. The molecule has 2 N–H and O–H groups in total. The van der Waals surface area contributed by atoms with Crippen LogP contribution in [0.4, 0.5) is 0 Å². The second kappa shape index (κ2) is 6.66. The second-order valence-corrected chi connectivity index (χ2v) is 6.23. The van der Waals surface area contributed by atoms with E-state index in [2.05, 4.69) is 27.3 Å². The lowest BCUT2D eigenvalue weighted by atomic mass is 9.79. The van der Waals surface area contributed by atoms with Crippen LogP contribution >= 0.6 is 0 Å². The Balaban J connectivity index is 1.49. The van der Waals surface area contributed by atoms with Crippen LogP contribution in [0, 0.1) is 17.8 Å². The molecule has 2 saturated heterocycles. The Kier molecular flexibility index (Phi) is 4.65. The summed E-state index contributed by atoms with van der Waals surface area (Å²) in [5.74, 6) is 1.95. The first-order valence-electron chi connectivity index (χ1n) is 7.79. The molecule has 0 spiro atoms. The molecule has 1 aromatic heterocycles. The molecule has 0 amide bonds. The number of aliphatic hydroxyl groups is 1. The number of hydrogen-bond donors (Lipinski definition) is 2. The lowest BCUT2D eigenvalue weighted by molar-refractivity contribution is 0.108. The summed E-state index contributed by atoms with van der Waals surface area (Å²) in [5.41, 5.74) is 1.36. The average molecular weight is 275 g/mol. The van der Waals surface area contributed by atoms with Crippen LogP contribution in [0.25, 0.3) is 0 Å². The van der Waals surface area contributed by atoms with Gasteiger partial charge in [0.1, 0.15) is 0 Å². The molecule has 1 aromatic rings. The molecule has 110 valence electrons. The van der Waals surface area contributed by atoms with E-state index in [-0.39, 0.29) is 0 Å². The molecule has 2 atom stereocenters. The number of nitrogens with one attached hydrogen (secondary N) is 1. The Morgan fingerprint density at radius 1 is 1.20 bits per heavy atom. The fourth-order valence-electron chi connectivity index (χ4n) is 3.79. The third-order valence-electron chi connectivity index (χ3n) is 5.02. The fourth-order valence-corrected chi connectivity index (χ4v) is 3.79. The Bertz CT molecular complexity index is 403. The van der Waals surface area contributed by atoms with E-state index in [0.29, 0.717) is 18.4 Å². The summed E-state index contributed by atoms with van der Waals surface area (Å²) in [6, 6.07) is 4.21. The van der Waals surface area contributed by atoms with E-state index in [4.69, 9.17) is 0 Å². The predicted molar refractivity (Wildman–Crippen MR) is 79.2 cm³/mol. The van der Waals surface area contributed by atoms with Crippen molar-refractivity contribution in [3.8, 4) is 0 Å². The highest BCUT2D eigenvalue weighted by atomic mass is 16.3. The number of hydrogen-bond acceptors (Lipinski definition) is 4. The van der Waals surface area contributed by atoms with Gasteiger partial charge in [-0.3, -0.25) is 9.88 Å². The van der Waals surface area contributed by atoms with Crippen molar-refractivity contribution in [1.29, 1.82) is 0 Å². The summed E-state index contributed by atoms with van der Waals surface area (Å²) in [4.78, 5) is 6.62. The SMILES string of the molecule is OC[C@@H]1CNC[C@H]1C1CCN(Cc2ccncc2)CC1. The Labute approximate surface area is 121 Å². The second-order valence-electron chi connectivity index (χ2n) is 6.23. The van der Waals surface area contributed by atoms with Crippen molar-refractivity contribution in [2.75, 3.05) is 32.8 Å². The number of nitrogens with zero attached hydrogens (tertiary/aromatic N) is 2. The molecule has 0 saturated carbocycles. The van der Waals surface area contributed by atoms with Crippen molar-refractivity contribution < 1.29 is 5.11 Å². The summed E-state index contributed by atoms with van der Waals surface area (Å²) in [5, 5.41) is 12.9. The molecule has 2 aliphatic rings. The van der Waals surface area contributed by atoms with Crippen molar-refractivity contribution in [2.24, 2.45) is 17.8 Å². The summed E-state index contributed by atoms with van der Waals surface area (Å²) in [6.45, 7) is 5.85. The zero-order valence-corrected chi connectivity index (χ0v) is 12.0. The first-order chi connectivity index (χ1) is 9.86. The van der Waals surface area contributed by atoms with Gasteiger partial charge in [-0.1, -0.05) is 0 Å². The van der Waals surface area contributed by atoms with Gasteiger partial charge in [0, 0.05) is 32.1 Å². The van der Waals surface area contributed by atoms with E-state index in [1.165, 1.54) is 31.5 Å². The molecule has 20 heavy (non-hydrogen) atoms. The quantitative estimate of drug-likeness (QED) is 0.864. The van der Waals surface area contributed by atoms with Crippen LogP contribution in [0.2, 0.25) is 0 Å². The lowest BCUT2D eigenvalue weighted by Crippen LogP contribution is -2.38. The zero-order chi connectivity index (χ0) is 13.8. The van der Waals surface area contributed by atoms with Crippen LogP contribution in [0.1, 0.15) is 18.4 Å². The standard InChI is InChI=1S/C16H25N3O/c20-12-15-9-18-10-16(15)14-3-7-19(8-4-14)11-13-1-5-17-6-2-13/h1-2,5-6,14-16,18,20H,3-4,7-12H2/t15-,16-/m0/s1. The van der Waals surface area contributed by atoms with Gasteiger partial charge >= 0.3 is 0 Å².